The Balaban J connectivity index is 1.75. The predicted octanol–water partition coefficient (Wildman–Crippen LogP) is 4.24. The first kappa shape index (κ1) is 15.5. The smallest absolute Gasteiger partial charge is 0.208 e. The Morgan fingerprint density at radius 2 is 2.20 bits per heavy atom. The molecule has 7 heteroatoms. The minimum atomic E-state index is 0.519. The van der Waals surface area contributed by atoms with E-state index < -0.39 is 0 Å². The Morgan fingerprint density at radius 1 is 1.35 bits per heavy atom. The van der Waals surface area contributed by atoms with Crippen molar-refractivity contribution in [3.8, 4) is 5.75 Å². The van der Waals surface area contributed by atoms with Gasteiger partial charge in [0.15, 0.2) is 0 Å². The molecule has 0 amide bonds. The number of halogens is 2. The summed E-state index contributed by atoms with van der Waals surface area (Å²) in [5, 5.41) is 8.92. The quantitative estimate of drug-likeness (QED) is 0.609. The highest BCUT2D eigenvalue weighted by molar-refractivity contribution is 7.99. The molecule has 0 aliphatic carbocycles. The summed E-state index contributed by atoms with van der Waals surface area (Å²) in [5.41, 5.74) is 0. The molecule has 0 bridgehead atoms. The molecule has 1 aromatic heterocycles. The molecule has 1 N–H and O–H groups in total. The molecule has 0 saturated carbocycles. The van der Waals surface area contributed by atoms with E-state index in [-0.39, 0.29) is 0 Å². The maximum atomic E-state index is 6.02. The standard InChI is InChI=1S/C13H15Cl2N3OS/c1-2-3-12-16-13(18-17-12)20-7-6-19-11-5-4-9(14)8-10(11)15/h4-5,8H,2-3,6-7H2,1H3,(H,16,17,18). The summed E-state index contributed by atoms with van der Waals surface area (Å²) >= 11 is 13.4. The van der Waals surface area contributed by atoms with E-state index in [0.29, 0.717) is 22.4 Å². The second-order valence-electron chi connectivity index (χ2n) is 4.09. The molecule has 0 fully saturated rings. The second-order valence-corrected chi connectivity index (χ2v) is 5.99. The third-order valence-corrected chi connectivity index (χ3v) is 3.81. The summed E-state index contributed by atoms with van der Waals surface area (Å²) < 4.78 is 5.59. The molecule has 4 nitrogen and oxygen atoms in total. The number of nitrogens with zero attached hydrogens (tertiary/aromatic N) is 2. The van der Waals surface area contributed by atoms with Crippen LogP contribution in [0.3, 0.4) is 0 Å². The molecule has 0 aliphatic rings. The fourth-order valence-corrected chi connectivity index (χ4v) is 2.67. The van der Waals surface area contributed by atoms with Gasteiger partial charge in [-0.2, -0.15) is 0 Å². The summed E-state index contributed by atoms with van der Waals surface area (Å²) in [6, 6.07) is 5.18. The number of aromatic nitrogens is 3. The summed E-state index contributed by atoms with van der Waals surface area (Å²) in [7, 11) is 0. The Labute approximate surface area is 132 Å². The predicted molar refractivity (Wildman–Crippen MR) is 83.1 cm³/mol. The van der Waals surface area contributed by atoms with Crippen LogP contribution in [0.4, 0.5) is 0 Å². The normalized spacial score (nSPS) is 10.8. The van der Waals surface area contributed by atoms with Crippen molar-refractivity contribution in [2.45, 2.75) is 24.9 Å². The first-order valence-electron chi connectivity index (χ1n) is 6.31. The van der Waals surface area contributed by atoms with Crippen molar-refractivity contribution >= 4 is 35.0 Å². The van der Waals surface area contributed by atoms with Gasteiger partial charge in [0.2, 0.25) is 5.16 Å². The number of aryl methyl sites for hydroxylation is 1. The largest absolute Gasteiger partial charge is 0.491 e. The lowest BCUT2D eigenvalue weighted by Crippen LogP contribution is -2.00. The maximum absolute atomic E-state index is 6.02. The Morgan fingerprint density at radius 3 is 2.95 bits per heavy atom. The van der Waals surface area contributed by atoms with Crippen molar-refractivity contribution in [2.75, 3.05) is 12.4 Å². The average Bonchev–Trinajstić information content (AvgIpc) is 2.85. The van der Waals surface area contributed by atoms with Crippen molar-refractivity contribution in [3.63, 3.8) is 0 Å². The van der Waals surface area contributed by atoms with Gasteiger partial charge in [-0.05, 0) is 24.6 Å². The maximum Gasteiger partial charge on any atom is 0.208 e. The van der Waals surface area contributed by atoms with E-state index in [2.05, 4.69) is 22.1 Å². The molecule has 0 atom stereocenters. The van der Waals surface area contributed by atoms with Gasteiger partial charge in [0.25, 0.3) is 0 Å². The van der Waals surface area contributed by atoms with Crippen LogP contribution >= 0.6 is 35.0 Å². The van der Waals surface area contributed by atoms with Crippen molar-refractivity contribution < 1.29 is 4.74 Å². The fourth-order valence-electron chi connectivity index (χ4n) is 1.57. The molecule has 0 spiro atoms. The number of ether oxygens (including phenoxy) is 1. The molecule has 0 aliphatic heterocycles. The van der Waals surface area contributed by atoms with Crippen LogP contribution in [0.15, 0.2) is 23.4 Å². The lowest BCUT2D eigenvalue weighted by molar-refractivity contribution is 0.344. The lowest BCUT2D eigenvalue weighted by atomic mass is 10.3. The summed E-state index contributed by atoms with van der Waals surface area (Å²) in [6.07, 6.45) is 1.97. The highest BCUT2D eigenvalue weighted by atomic mass is 35.5. The number of H-pyrrole nitrogens is 1. The van der Waals surface area contributed by atoms with E-state index in [1.807, 2.05) is 0 Å². The summed E-state index contributed by atoms with van der Waals surface area (Å²) in [4.78, 5) is 4.37. The zero-order valence-electron chi connectivity index (χ0n) is 11.0. The monoisotopic (exact) mass is 331 g/mol. The lowest BCUT2D eigenvalue weighted by Gasteiger charge is -2.07. The molecule has 20 heavy (non-hydrogen) atoms. The highest BCUT2D eigenvalue weighted by Gasteiger charge is 2.05. The van der Waals surface area contributed by atoms with Crippen LogP contribution in [0.5, 0.6) is 5.75 Å². The first-order valence-corrected chi connectivity index (χ1v) is 8.05. The van der Waals surface area contributed by atoms with Gasteiger partial charge >= 0.3 is 0 Å². The molecule has 0 unspecified atom stereocenters. The number of nitrogens with one attached hydrogen (secondary N) is 1. The number of rotatable bonds is 7. The minimum Gasteiger partial charge on any atom is -0.491 e. The van der Waals surface area contributed by atoms with Crippen LogP contribution in [0.2, 0.25) is 10.0 Å². The highest BCUT2D eigenvalue weighted by Crippen LogP contribution is 2.27. The van der Waals surface area contributed by atoms with E-state index in [1.165, 1.54) is 0 Å². The average molecular weight is 332 g/mol. The van der Waals surface area contributed by atoms with Gasteiger partial charge in [-0.3, -0.25) is 5.10 Å². The molecule has 0 saturated heterocycles. The van der Waals surface area contributed by atoms with Crippen LogP contribution in [-0.4, -0.2) is 27.5 Å². The van der Waals surface area contributed by atoms with Crippen molar-refractivity contribution in [1.82, 2.24) is 15.2 Å². The zero-order chi connectivity index (χ0) is 14.4. The number of benzene rings is 1. The van der Waals surface area contributed by atoms with Crippen LogP contribution in [0, 0.1) is 0 Å². The Hall–Kier alpha value is -0.910. The SMILES string of the molecule is CCCc1nc(SCCOc2ccc(Cl)cc2Cl)n[nH]1. The van der Waals surface area contributed by atoms with Crippen molar-refractivity contribution in [3.05, 3.63) is 34.1 Å². The molecule has 1 aromatic carbocycles. The van der Waals surface area contributed by atoms with E-state index in [0.717, 1.165) is 29.6 Å². The van der Waals surface area contributed by atoms with Gasteiger partial charge < -0.3 is 4.74 Å². The number of hydrogen-bond acceptors (Lipinski definition) is 4. The molecule has 2 rings (SSSR count). The van der Waals surface area contributed by atoms with Gasteiger partial charge in [-0.25, -0.2) is 4.98 Å². The van der Waals surface area contributed by atoms with Crippen LogP contribution in [-0.2, 0) is 6.42 Å². The number of thioether (sulfide) groups is 1. The van der Waals surface area contributed by atoms with Gasteiger partial charge in [-0.1, -0.05) is 41.9 Å². The van der Waals surface area contributed by atoms with Gasteiger partial charge in [0.1, 0.15) is 11.6 Å². The zero-order valence-corrected chi connectivity index (χ0v) is 13.4. The van der Waals surface area contributed by atoms with Gasteiger partial charge in [-0.15, -0.1) is 5.10 Å². The first-order chi connectivity index (χ1) is 9.69. The van der Waals surface area contributed by atoms with E-state index >= 15 is 0 Å². The molecule has 0 radical (unpaired) electrons. The topological polar surface area (TPSA) is 50.8 Å². The second kappa shape index (κ2) is 7.76. The van der Waals surface area contributed by atoms with Crippen LogP contribution < -0.4 is 4.74 Å². The Bertz CT molecular complexity index is 562. The molecule has 108 valence electrons. The van der Waals surface area contributed by atoms with E-state index in [9.17, 15) is 0 Å². The summed E-state index contributed by atoms with van der Waals surface area (Å²) in [5.74, 6) is 2.32. The van der Waals surface area contributed by atoms with Crippen molar-refractivity contribution in [2.24, 2.45) is 0 Å². The third kappa shape index (κ3) is 4.58. The fraction of sp³-hybridized carbons (Fsp3) is 0.385. The van der Waals surface area contributed by atoms with Gasteiger partial charge in [0.05, 0.1) is 11.6 Å². The Kier molecular flexibility index (Phi) is 6.01. The van der Waals surface area contributed by atoms with Gasteiger partial charge in [0, 0.05) is 17.2 Å². The summed E-state index contributed by atoms with van der Waals surface area (Å²) in [6.45, 7) is 2.64. The molecule has 2 aromatic rings. The van der Waals surface area contributed by atoms with E-state index in [4.69, 9.17) is 27.9 Å². The van der Waals surface area contributed by atoms with E-state index in [1.54, 1.807) is 30.0 Å². The number of aromatic amines is 1. The van der Waals surface area contributed by atoms with Crippen LogP contribution in [0.1, 0.15) is 19.2 Å². The number of hydrogen-bond donors (Lipinski definition) is 1. The van der Waals surface area contributed by atoms with Crippen LogP contribution in [0.25, 0.3) is 0 Å². The minimum absolute atomic E-state index is 0.519. The molecular formula is C13H15Cl2N3OS. The molecule has 1 heterocycles. The molecular weight excluding hydrogens is 317 g/mol. The van der Waals surface area contributed by atoms with Crippen molar-refractivity contribution in [1.29, 1.82) is 0 Å². The third-order valence-electron chi connectivity index (χ3n) is 2.46.